The lowest BCUT2D eigenvalue weighted by molar-refractivity contribution is -0.119. The van der Waals surface area contributed by atoms with Crippen LogP contribution in [0.4, 0.5) is 4.79 Å². The third-order valence-corrected chi connectivity index (χ3v) is 4.97. The Labute approximate surface area is 161 Å². The number of nitrogens with zero attached hydrogens (tertiary/aromatic N) is 2. The van der Waals surface area contributed by atoms with Gasteiger partial charge in [-0.2, -0.15) is 0 Å². The van der Waals surface area contributed by atoms with Crippen molar-refractivity contribution in [1.82, 2.24) is 20.6 Å². The van der Waals surface area contributed by atoms with Gasteiger partial charge in [-0.1, -0.05) is 60.3 Å². The molecule has 1 atom stereocenters. The fraction of sp³-hybridized carbons (Fsp3) is 0.200. The number of aryl methyl sites for hydroxylation is 1. The zero-order valence-corrected chi connectivity index (χ0v) is 15.9. The maximum atomic E-state index is 12.4. The van der Waals surface area contributed by atoms with Gasteiger partial charge in [0, 0.05) is 11.9 Å². The molecule has 7 heteroatoms. The first-order chi connectivity index (χ1) is 13.0. The summed E-state index contributed by atoms with van der Waals surface area (Å²) in [5.41, 5.74) is 1.80. The monoisotopic (exact) mass is 380 g/mol. The minimum atomic E-state index is -0.514. The van der Waals surface area contributed by atoms with Crippen LogP contribution in [0, 0.1) is 6.92 Å². The van der Waals surface area contributed by atoms with Crippen molar-refractivity contribution in [3.63, 3.8) is 0 Å². The number of para-hydroxylation sites is 1. The third-order valence-electron chi connectivity index (χ3n) is 3.87. The summed E-state index contributed by atoms with van der Waals surface area (Å²) in [5.74, 6) is 0.273. The number of imide groups is 1. The number of amides is 3. The van der Waals surface area contributed by atoms with Gasteiger partial charge in [0.25, 0.3) is 0 Å². The Morgan fingerprint density at radius 1 is 1.04 bits per heavy atom. The number of urea groups is 1. The molecule has 3 rings (SSSR count). The second-order valence-electron chi connectivity index (χ2n) is 6.01. The van der Waals surface area contributed by atoms with Gasteiger partial charge in [0.2, 0.25) is 5.91 Å². The van der Waals surface area contributed by atoms with Crippen molar-refractivity contribution in [3.05, 3.63) is 66.0 Å². The maximum absolute atomic E-state index is 12.4. The minimum absolute atomic E-state index is 0.358. The average Bonchev–Trinajstić information content (AvgIpc) is 2.67. The molecule has 0 aliphatic heterocycles. The minimum Gasteiger partial charge on any atom is -0.334 e. The van der Waals surface area contributed by atoms with E-state index in [1.165, 1.54) is 11.8 Å². The van der Waals surface area contributed by atoms with Crippen LogP contribution in [0.15, 0.2) is 59.6 Å². The Hall–Kier alpha value is -2.93. The van der Waals surface area contributed by atoms with E-state index >= 15 is 0 Å². The summed E-state index contributed by atoms with van der Waals surface area (Å²) in [7, 11) is 0. The lowest BCUT2D eigenvalue weighted by Gasteiger charge is -2.13. The Morgan fingerprint density at radius 3 is 2.52 bits per heavy atom. The van der Waals surface area contributed by atoms with Crippen LogP contribution in [0.2, 0.25) is 0 Å². The molecule has 138 valence electrons. The largest absolute Gasteiger partial charge is 0.334 e. The van der Waals surface area contributed by atoms with Crippen molar-refractivity contribution < 1.29 is 9.59 Å². The van der Waals surface area contributed by atoms with E-state index in [1.807, 2.05) is 61.5 Å². The molecule has 2 N–H and O–H groups in total. The number of nitrogens with one attached hydrogen (secondary N) is 2. The molecule has 0 saturated heterocycles. The first-order valence-electron chi connectivity index (χ1n) is 8.55. The highest BCUT2D eigenvalue weighted by molar-refractivity contribution is 8.00. The first-order valence-corrected chi connectivity index (χ1v) is 9.43. The number of carbonyl (C=O) groups is 2. The SMILES string of the molecule is Cc1nc(S[C@@H](C)C(=O)NC(=O)NCc2ccccc2)c2ccccc2n1. The summed E-state index contributed by atoms with van der Waals surface area (Å²) in [5, 5.41) is 6.20. The zero-order chi connectivity index (χ0) is 19.2. The normalized spacial score (nSPS) is 11.8. The van der Waals surface area contributed by atoms with Crippen LogP contribution in [0.5, 0.6) is 0 Å². The zero-order valence-electron chi connectivity index (χ0n) is 15.1. The summed E-state index contributed by atoms with van der Waals surface area (Å²) in [6.07, 6.45) is 0. The number of hydrogen-bond acceptors (Lipinski definition) is 5. The van der Waals surface area contributed by atoms with Crippen molar-refractivity contribution in [1.29, 1.82) is 0 Å². The quantitative estimate of drug-likeness (QED) is 0.523. The van der Waals surface area contributed by atoms with E-state index < -0.39 is 11.3 Å². The molecule has 2 aromatic carbocycles. The van der Waals surface area contributed by atoms with Crippen molar-refractivity contribution in [2.75, 3.05) is 0 Å². The van der Waals surface area contributed by atoms with Crippen LogP contribution < -0.4 is 10.6 Å². The van der Waals surface area contributed by atoms with E-state index in [-0.39, 0.29) is 5.91 Å². The molecular weight excluding hydrogens is 360 g/mol. The highest BCUT2D eigenvalue weighted by atomic mass is 32.2. The van der Waals surface area contributed by atoms with E-state index in [4.69, 9.17) is 0 Å². The Morgan fingerprint density at radius 2 is 1.74 bits per heavy atom. The molecule has 0 radical (unpaired) electrons. The van der Waals surface area contributed by atoms with Gasteiger partial charge in [-0.3, -0.25) is 10.1 Å². The van der Waals surface area contributed by atoms with Crippen LogP contribution in [0.1, 0.15) is 18.3 Å². The number of thioether (sulfide) groups is 1. The van der Waals surface area contributed by atoms with E-state index in [1.54, 1.807) is 6.92 Å². The lowest BCUT2D eigenvalue weighted by atomic mass is 10.2. The lowest BCUT2D eigenvalue weighted by Crippen LogP contribution is -2.42. The maximum Gasteiger partial charge on any atom is 0.321 e. The van der Waals surface area contributed by atoms with E-state index in [9.17, 15) is 9.59 Å². The van der Waals surface area contributed by atoms with Crippen LogP contribution in [-0.2, 0) is 11.3 Å². The number of aromatic nitrogens is 2. The number of rotatable bonds is 5. The Bertz CT molecular complexity index is 963. The fourth-order valence-electron chi connectivity index (χ4n) is 2.51. The molecule has 0 aliphatic carbocycles. The molecule has 0 bridgehead atoms. The van der Waals surface area contributed by atoms with Crippen LogP contribution in [0.3, 0.4) is 0 Å². The topological polar surface area (TPSA) is 84.0 Å². The van der Waals surface area contributed by atoms with E-state index in [2.05, 4.69) is 20.6 Å². The molecule has 1 aromatic heterocycles. The molecule has 0 saturated carbocycles. The van der Waals surface area contributed by atoms with Crippen LogP contribution in [0.25, 0.3) is 10.9 Å². The summed E-state index contributed by atoms with van der Waals surface area (Å²) < 4.78 is 0. The smallest absolute Gasteiger partial charge is 0.321 e. The molecular formula is C20H20N4O2S. The number of carbonyl (C=O) groups excluding carboxylic acids is 2. The third kappa shape index (κ3) is 5.04. The van der Waals surface area contributed by atoms with Gasteiger partial charge in [-0.25, -0.2) is 14.8 Å². The van der Waals surface area contributed by atoms with Gasteiger partial charge >= 0.3 is 6.03 Å². The summed E-state index contributed by atoms with van der Waals surface area (Å²) in [4.78, 5) is 33.2. The van der Waals surface area contributed by atoms with E-state index in [0.717, 1.165) is 21.5 Å². The van der Waals surface area contributed by atoms with Gasteiger partial charge in [0.05, 0.1) is 10.8 Å². The van der Waals surface area contributed by atoms with Gasteiger partial charge in [0.15, 0.2) is 0 Å². The summed E-state index contributed by atoms with van der Waals surface area (Å²) >= 11 is 1.31. The fourth-order valence-corrected chi connectivity index (χ4v) is 3.49. The number of fused-ring (bicyclic) bond motifs is 1. The highest BCUT2D eigenvalue weighted by Crippen LogP contribution is 2.28. The molecule has 27 heavy (non-hydrogen) atoms. The summed E-state index contributed by atoms with van der Waals surface area (Å²) in [6.45, 7) is 3.92. The molecule has 3 aromatic rings. The molecule has 0 fully saturated rings. The van der Waals surface area contributed by atoms with Gasteiger partial charge in [-0.05, 0) is 25.5 Å². The first kappa shape index (κ1) is 18.8. The van der Waals surface area contributed by atoms with Gasteiger partial charge in [-0.15, -0.1) is 0 Å². The van der Waals surface area contributed by atoms with Crippen molar-refractivity contribution in [3.8, 4) is 0 Å². The molecule has 6 nitrogen and oxygen atoms in total. The van der Waals surface area contributed by atoms with E-state index in [0.29, 0.717) is 12.4 Å². The molecule has 0 spiro atoms. The van der Waals surface area contributed by atoms with Gasteiger partial charge < -0.3 is 5.32 Å². The predicted octanol–water partition coefficient (Wildman–Crippen LogP) is 3.44. The second kappa shape index (κ2) is 8.64. The molecule has 1 heterocycles. The highest BCUT2D eigenvalue weighted by Gasteiger charge is 2.19. The molecule has 0 unspecified atom stereocenters. The summed E-state index contributed by atoms with van der Waals surface area (Å²) in [6, 6.07) is 16.7. The van der Waals surface area contributed by atoms with Crippen molar-refractivity contribution in [2.45, 2.75) is 30.7 Å². The average molecular weight is 380 g/mol. The van der Waals surface area contributed by atoms with Crippen LogP contribution in [-0.4, -0.2) is 27.2 Å². The molecule has 3 amide bonds. The standard InChI is InChI=1S/C20H20N4O2S/c1-13(18(25)24-20(26)21-12-15-8-4-3-5-9-15)27-19-16-10-6-7-11-17(16)22-14(2)23-19/h3-11,13H,12H2,1-2H3,(H2,21,24,25,26)/t13-/m0/s1. The Balaban J connectivity index is 1.60. The number of hydrogen-bond donors (Lipinski definition) is 2. The Kier molecular flexibility index (Phi) is 6.03. The molecule has 0 aliphatic rings. The van der Waals surface area contributed by atoms with Crippen molar-refractivity contribution >= 4 is 34.6 Å². The van der Waals surface area contributed by atoms with Crippen LogP contribution >= 0.6 is 11.8 Å². The van der Waals surface area contributed by atoms with Gasteiger partial charge in [0.1, 0.15) is 10.9 Å². The number of benzene rings is 2. The predicted molar refractivity (Wildman–Crippen MR) is 106 cm³/mol. The van der Waals surface area contributed by atoms with Crippen molar-refractivity contribution in [2.24, 2.45) is 0 Å². The second-order valence-corrected chi connectivity index (χ2v) is 7.34.